The zero-order valence-corrected chi connectivity index (χ0v) is 17.6. The third-order valence-corrected chi connectivity index (χ3v) is 7.30. The second kappa shape index (κ2) is 7.93. The summed E-state index contributed by atoms with van der Waals surface area (Å²) in [6, 6.07) is 12.0. The molecular weight excluding hydrogens is 435 g/mol. The lowest BCUT2D eigenvalue weighted by molar-refractivity contribution is 0.360. The molecule has 0 aliphatic carbocycles. The van der Waals surface area contributed by atoms with Crippen LogP contribution >= 0.6 is 0 Å². The van der Waals surface area contributed by atoms with Crippen molar-refractivity contribution in [2.24, 2.45) is 0 Å². The third-order valence-electron chi connectivity index (χ3n) is 5.39. The smallest absolute Gasteiger partial charge is 0.258 e. The van der Waals surface area contributed by atoms with Gasteiger partial charge in [0.05, 0.1) is 22.3 Å². The number of fused-ring (bicyclic) bond motifs is 1. The molecule has 1 aliphatic rings. The van der Waals surface area contributed by atoms with Gasteiger partial charge in [-0.25, -0.2) is 17.5 Å². The topological polar surface area (TPSA) is 113 Å². The number of halogens is 1. The van der Waals surface area contributed by atoms with Gasteiger partial charge in [0.1, 0.15) is 11.5 Å². The molecule has 0 bridgehead atoms. The van der Waals surface area contributed by atoms with E-state index in [1.165, 1.54) is 39.3 Å². The molecule has 1 fully saturated rings. The van der Waals surface area contributed by atoms with E-state index in [-0.39, 0.29) is 16.0 Å². The molecule has 0 atom stereocenters. The summed E-state index contributed by atoms with van der Waals surface area (Å²) in [5, 5.41) is 11.8. The number of rotatable bonds is 4. The number of H-pyrrole nitrogens is 1. The third kappa shape index (κ3) is 3.70. The Morgan fingerprint density at radius 3 is 2.50 bits per heavy atom. The number of aromatic nitrogens is 4. The number of aromatic amines is 1. The van der Waals surface area contributed by atoms with E-state index in [2.05, 4.69) is 20.6 Å². The van der Waals surface area contributed by atoms with Crippen LogP contribution in [0.4, 0.5) is 4.39 Å². The molecule has 1 saturated heterocycles. The molecule has 32 heavy (non-hydrogen) atoms. The Bertz CT molecular complexity index is 1460. The van der Waals surface area contributed by atoms with Crippen LogP contribution < -0.4 is 10.9 Å². The van der Waals surface area contributed by atoms with Gasteiger partial charge in [-0.1, -0.05) is 5.21 Å². The number of sulfonamides is 1. The van der Waals surface area contributed by atoms with Gasteiger partial charge in [0.25, 0.3) is 5.56 Å². The van der Waals surface area contributed by atoms with Gasteiger partial charge in [-0.3, -0.25) is 4.79 Å². The van der Waals surface area contributed by atoms with Crippen LogP contribution in [0.25, 0.3) is 27.8 Å². The first kappa shape index (κ1) is 20.5. The normalized spacial score (nSPS) is 15.3. The second-order valence-corrected chi connectivity index (χ2v) is 9.38. The molecular formula is C21H19FN6O3S. The molecule has 1 aliphatic heterocycles. The van der Waals surface area contributed by atoms with Crippen molar-refractivity contribution in [3.63, 3.8) is 0 Å². The number of hydrogen-bond donors (Lipinski definition) is 2. The van der Waals surface area contributed by atoms with Crippen LogP contribution in [0.1, 0.15) is 0 Å². The summed E-state index contributed by atoms with van der Waals surface area (Å²) >= 11 is 0. The van der Waals surface area contributed by atoms with E-state index in [9.17, 15) is 17.6 Å². The number of nitrogens with zero attached hydrogens (tertiary/aromatic N) is 4. The second-order valence-electron chi connectivity index (χ2n) is 7.44. The van der Waals surface area contributed by atoms with E-state index in [1.807, 2.05) is 0 Å². The van der Waals surface area contributed by atoms with Crippen LogP contribution in [0.2, 0.25) is 0 Å². The van der Waals surface area contributed by atoms with Crippen molar-refractivity contribution in [3.05, 3.63) is 70.9 Å². The summed E-state index contributed by atoms with van der Waals surface area (Å²) in [4.78, 5) is 15.4. The predicted molar refractivity (Wildman–Crippen MR) is 117 cm³/mol. The van der Waals surface area contributed by atoms with Gasteiger partial charge in [-0.2, -0.15) is 4.31 Å². The maximum atomic E-state index is 13.6. The van der Waals surface area contributed by atoms with Gasteiger partial charge in [-0.05, 0) is 48.5 Å². The first-order chi connectivity index (χ1) is 15.4. The van der Waals surface area contributed by atoms with Gasteiger partial charge in [-0.15, -0.1) is 5.10 Å². The fourth-order valence-electron chi connectivity index (χ4n) is 3.69. The fraction of sp³-hybridized carbons (Fsp3) is 0.190. The molecule has 4 aromatic rings. The first-order valence-corrected chi connectivity index (χ1v) is 11.4. The highest BCUT2D eigenvalue weighted by molar-refractivity contribution is 7.89. The number of hydrogen-bond acceptors (Lipinski definition) is 6. The van der Waals surface area contributed by atoms with Gasteiger partial charge in [0.2, 0.25) is 10.0 Å². The molecule has 5 rings (SSSR count). The Morgan fingerprint density at radius 1 is 1.00 bits per heavy atom. The Balaban J connectivity index is 1.44. The van der Waals surface area contributed by atoms with Gasteiger partial charge >= 0.3 is 0 Å². The summed E-state index contributed by atoms with van der Waals surface area (Å²) in [5.41, 5.74) is 1.32. The van der Waals surface area contributed by atoms with Crippen LogP contribution in [-0.2, 0) is 10.0 Å². The lowest BCUT2D eigenvalue weighted by Crippen LogP contribution is -2.46. The van der Waals surface area contributed by atoms with E-state index >= 15 is 0 Å². The van der Waals surface area contributed by atoms with Crippen molar-refractivity contribution in [1.82, 2.24) is 29.6 Å². The standard InChI is InChI=1S/C21H19FN6O3S/c22-15-1-6-19-14(11-15)12-18(21(29)24-19)20-13-28(26-25-20)16-2-4-17(5-3-16)32(30,31)27-9-7-23-8-10-27/h1-6,11-13,23H,7-10H2,(H,24,29). The Hall–Kier alpha value is -3.41. The van der Waals surface area contributed by atoms with Crippen molar-refractivity contribution in [1.29, 1.82) is 0 Å². The molecule has 2 N–H and O–H groups in total. The van der Waals surface area contributed by atoms with Crippen molar-refractivity contribution in [2.75, 3.05) is 26.2 Å². The largest absolute Gasteiger partial charge is 0.321 e. The summed E-state index contributed by atoms with van der Waals surface area (Å²) in [6.45, 7) is 2.11. The number of benzene rings is 2. The van der Waals surface area contributed by atoms with Gasteiger partial charge in [0.15, 0.2) is 0 Å². The molecule has 0 spiro atoms. The zero-order valence-electron chi connectivity index (χ0n) is 16.8. The molecule has 0 amide bonds. The predicted octanol–water partition coefficient (Wildman–Crippen LogP) is 1.51. The lowest BCUT2D eigenvalue weighted by atomic mass is 10.1. The van der Waals surface area contributed by atoms with Gasteiger partial charge < -0.3 is 10.3 Å². The van der Waals surface area contributed by atoms with E-state index in [1.54, 1.807) is 24.4 Å². The molecule has 164 valence electrons. The number of pyridine rings is 1. The molecule has 0 radical (unpaired) electrons. The zero-order chi connectivity index (χ0) is 22.3. The van der Waals surface area contributed by atoms with Crippen LogP contribution in [0, 0.1) is 5.82 Å². The van der Waals surface area contributed by atoms with Crippen LogP contribution in [-0.4, -0.2) is 58.9 Å². The van der Waals surface area contributed by atoms with E-state index in [4.69, 9.17) is 0 Å². The monoisotopic (exact) mass is 454 g/mol. The Kier molecular flexibility index (Phi) is 5.08. The van der Waals surface area contributed by atoms with Crippen molar-refractivity contribution < 1.29 is 12.8 Å². The highest BCUT2D eigenvalue weighted by atomic mass is 32.2. The van der Waals surface area contributed by atoms with Crippen molar-refractivity contribution >= 4 is 20.9 Å². The first-order valence-electron chi connectivity index (χ1n) is 9.98. The summed E-state index contributed by atoms with van der Waals surface area (Å²) in [5.74, 6) is -0.407. The molecule has 9 nitrogen and oxygen atoms in total. The average Bonchev–Trinajstić information content (AvgIpc) is 3.29. The summed E-state index contributed by atoms with van der Waals surface area (Å²) in [7, 11) is -3.56. The van der Waals surface area contributed by atoms with E-state index < -0.39 is 15.8 Å². The highest BCUT2D eigenvalue weighted by Gasteiger charge is 2.25. The van der Waals surface area contributed by atoms with Crippen LogP contribution in [0.15, 0.2) is 64.4 Å². The maximum absolute atomic E-state index is 13.6. The lowest BCUT2D eigenvalue weighted by Gasteiger charge is -2.26. The van der Waals surface area contributed by atoms with E-state index in [0.717, 1.165) is 0 Å². The van der Waals surface area contributed by atoms with E-state index in [0.29, 0.717) is 48.5 Å². The Morgan fingerprint density at radius 2 is 1.75 bits per heavy atom. The van der Waals surface area contributed by atoms with Crippen LogP contribution in [0.3, 0.4) is 0 Å². The molecule has 0 saturated carbocycles. The fourth-order valence-corrected chi connectivity index (χ4v) is 5.13. The maximum Gasteiger partial charge on any atom is 0.258 e. The van der Waals surface area contributed by atoms with Crippen LogP contribution in [0.5, 0.6) is 0 Å². The average molecular weight is 454 g/mol. The van der Waals surface area contributed by atoms with Crippen molar-refractivity contribution in [3.8, 4) is 16.9 Å². The SMILES string of the molecule is O=c1[nH]c2ccc(F)cc2cc1-c1cn(-c2ccc(S(=O)(=O)N3CCNCC3)cc2)nn1. The number of piperazine rings is 1. The molecule has 11 heteroatoms. The number of nitrogens with one attached hydrogen (secondary N) is 2. The summed E-state index contributed by atoms with van der Waals surface area (Å²) < 4.78 is 42.1. The minimum Gasteiger partial charge on any atom is -0.321 e. The van der Waals surface area contributed by atoms with Crippen molar-refractivity contribution in [2.45, 2.75) is 4.90 Å². The summed E-state index contributed by atoms with van der Waals surface area (Å²) in [6.07, 6.45) is 1.56. The molecule has 3 heterocycles. The molecule has 2 aromatic heterocycles. The highest BCUT2D eigenvalue weighted by Crippen LogP contribution is 2.21. The Labute approximate surface area is 182 Å². The quantitative estimate of drug-likeness (QED) is 0.483. The minimum atomic E-state index is -3.56. The molecule has 2 aromatic carbocycles. The minimum absolute atomic E-state index is 0.205. The molecule has 0 unspecified atom stereocenters. The van der Waals surface area contributed by atoms with Gasteiger partial charge in [0, 0.05) is 37.1 Å².